The first kappa shape index (κ1) is 22.0. The minimum atomic E-state index is -3.09. The van der Waals surface area contributed by atoms with E-state index in [0.29, 0.717) is 25.0 Å². The molecule has 1 heterocycles. The van der Waals surface area contributed by atoms with Gasteiger partial charge in [-0.25, -0.2) is 12.7 Å². The van der Waals surface area contributed by atoms with E-state index in [-0.39, 0.29) is 24.0 Å². The number of guanidine groups is 1. The highest BCUT2D eigenvalue weighted by atomic mass is 127. The van der Waals surface area contributed by atoms with Gasteiger partial charge in [0.05, 0.1) is 6.26 Å². The van der Waals surface area contributed by atoms with Crippen molar-refractivity contribution in [1.82, 2.24) is 14.5 Å². The van der Waals surface area contributed by atoms with Crippen molar-refractivity contribution in [1.29, 1.82) is 0 Å². The van der Waals surface area contributed by atoms with E-state index in [2.05, 4.69) is 17.1 Å². The standard InChI is InChI=1S/C16H32N4O2S.HI/c1-4-17-15(19-13-10-16(14-19)8-6-9-16)18-11-7-12-20(5-2)23(3,21)22;/h4-14H2,1-3H3,(H,17,18);1H. The van der Waals surface area contributed by atoms with Crippen molar-refractivity contribution >= 4 is 40.0 Å². The summed E-state index contributed by atoms with van der Waals surface area (Å²) in [7, 11) is -3.09. The molecule has 2 aliphatic rings. The molecule has 1 N–H and O–H groups in total. The van der Waals surface area contributed by atoms with Gasteiger partial charge >= 0.3 is 0 Å². The molecule has 0 radical (unpaired) electrons. The maximum absolute atomic E-state index is 11.6. The summed E-state index contributed by atoms with van der Waals surface area (Å²) in [5, 5.41) is 3.39. The number of likely N-dealkylation sites (tertiary alicyclic amines) is 1. The molecule has 1 saturated heterocycles. The lowest BCUT2D eigenvalue weighted by Gasteiger charge is -2.38. The highest BCUT2D eigenvalue weighted by Crippen LogP contribution is 2.47. The van der Waals surface area contributed by atoms with E-state index in [1.165, 1.54) is 36.2 Å². The lowest BCUT2D eigenvalue weighted by molar-refractivity contribution is 0.151. The van der Waals surface area contributed by atoms with Crippen LogP contribution in [0.1, 0.15) is 46.0 Å². The molecule has 2 fully saturated rings. The molecule has 0 amide bonds. The second kappa shape index (κ2) is 9.56. The molecule has 1 aliphatic carbocycles. The minimum Gasteiger partial charge on any atom is -0.357 e. The van der Waals surface area contributed by atoms with Gasteiger partial charge < -0.3 is 10.2 Å². The van der Waals surface area contributed by atoms with Crippen LogP contribution < -0.4 is 5.32 Å². The molecule has 1 spiro atoms. The van der Waals surface area contributed by atoms with Crippen LogP contribution in [0.25, 0.3) is 0 Å². The molecule has 8 heteroatoms. The summed E-state index contributed by atoms with van der Waals surface area (Å²) < 4.78 is 24.7. The Hall–Kier alpha value is -0.0900. The van der Waals surface area contributed by atoms with Crippen LogP contribution in [0.2, 0.25) is 0 Å². The fourth-order valence-electron chi connectivity index (χ4n) is 3.62. The van der Waals surface area contributed by atoms with Gasteiger partial charge in [0.15, 0.2) is 5.96 Å². The van der Waals surface area contributed by atoms with Crippen molar-refractivity contribution in [2.24, 2.45) is 10.4 Å². The van der Waals surface area contributed by atoms with Gasteiger partial charge in [0.25, 0.3) is 0 Å². The third kappa shape index (κ3) is 5.72. The van der Waals surface area contributed by atoms with Gasteiger partial charge in [-0.2, -0.15) is 0 Å². The van der Waals surface area contributed by atoms with Gasteiger partial charge in [0.2, 0.25) is 10.0 Å². The van der Waals surface area contributed by atoms with Crippen LogP contribution in [0.4, 0.5) is 0 Å². The number of nitrogens with zero attached hydrogens (tertiary/aromatic N) is 3. The number of hydrogen-bond acceptors (Lipinski definition) is 3. The zero-order chi connectivity index (χ0) is 16.9. The maximum atomic E-state index is 11.6. The number of aliphatic imine (C=N–C) groups is 1. The lowest BCUT2D eigenvalue weighted by atomic mass is 9.68. The summed E-state index contributed by atoms with van der Waals surface area (Å²) in [6.07, 6.45) is 7.42. The molecule has 1 aliphatic heterocycles. The molecule has 0 atom stereocenters. The Bertz CT molecular complexity index is 520. The van der Waals surface area contributed by atoms with Gasteiger partial charge in [0.1, 0.15) is 0 Å². The highest BCUT2D eigenvalue weighted by Gasteiger charge is 2.43. The molecule has 2 rings (SSSR count). The molecule has 0 aromatic carbocycles. The average Bonchev–Trinajstić information content (AvgIpc) is 2.90. The van der Waals surface area contributed by atoms with E-state index in [1.54, 1.807) is 0 Å². The van der Waals surface area contributed by atoms with E-state index < -0.39 is 10.0 Å². The first-order chi connectivity index (χ1) is 10.9. The molecule has 24 heavy (non-hydrogen) atoms. The van der Waals surface area contributed by atoms with Crippen molar-refractivity contribution in [2.75, 3.05) is 45.5 Å². The quantitative estimate of drug-likeness (QED) is 0.267. The van der Waals surface area contributed by atoms with Crippen LogP contribution in [-0.4, -0.2) is 69.1 Å². The van der Waals surface area contributed by atoms with Crippen molar-refractivity contribution in [3.63, 3.8) is 0 Å². The fourth-order valence-corrected chi connectivity index (χ4v) is 4.55. The van der Waals surface area contributed by atoms with Crippen LogP contribution in [0.5, 0.6) is 0 Å². The highest BCUT2D eigenvalue weighted by molar-refractivity contribution is 14.0. The summed E-state index contributed by atoms with van der Waals surface area (Å²) in [5.41, 5.74) is 0.561. The normalized spacial score (nSPS) is 20.2. The Balaban J connectivity index is 0.00000288. The molecule has 142 valence electrons. The summed E-state index contributed by atoms with van der Waals surface area (Å²) >= 11 is 0. The number of nitrogens with one attached hydrogen (secondary N) is 1. The molecular formula is C16H33IN4O2S. The van der Waals surface area contributed by atoms with Crippen molar-refractivity contribution in [3.05, 3.63) is 0 Å². The number of rotatable bonds is 7. The van der Waals surface area contributed by atoms with Crippen LogP contribution in [0.3, 0.4) is 0 Å². The van der Waals surface area contributed by atoms with Crippen molar-refractivity contribution in [2.45, 2.75) is 46.0 Å². The summed E-state index contributed by atoms with van der Waals surface area (Å²) in [4.78, 5) is 7.10. The predicted octanol–water partition coefficient (Wildman–Crippen LogP) is 2.12. The smallest absolute Gasteiger partial charge is 0.211 e. The van der Waals surface area contributed by atoms with E-state index in [0.717, 1.165) is 32.0 Å². The van der Waals surface area contributed by atoms with Crippen LogP contribution in [-0.2, 0) is 10.0 Å². The van der Waals surface area contributed by atoms with E-state index in [1.807, 2.05) is 6.92 Å². The minimum absolute atomic E-state index is 0. The van der Waals surface area contributed by atoms with Gasteiger partial charge in [-0.15, -0.1) is 24.0 Å². The molecule has 1 saturated carbocycles. The lowest BCUT2D eigenvalue weighted by Crippen LogP contribution is -2.42. The van der Waals surface area contributed by atoms with E-state index in [4.69, 9.17) is 4.99 Å². The Labute approximate surface area is 164 Å². The summed E-state index contributed by atoms with van der Waals surface area (Å²) in [6.45, 7) is 8.79. The molecular weight excluding hydrogens is 439 g/mol. The second-order valence-corrected chi connectivity index (χ2v) is 8.85. The third-order valence-electron chi connectivity index (χ3n) is 5.14. The zero-order valence-corrected chi connectivity index (χ0v) is 18.4. The van der Waals surface area contributed by atoms with E-state index in [9.17, 15) is 8.42 Å². The Kier molecular flexibility index (Phi) is 8.75. The van der Waals surface area contributed by atoms with Gasteiger partial charge in [0, 0.05) is 39.3 Å². The third-order valence-corrected chi connectivity index (χ3v) is 6.51. The Morgan fingerprint density at radius 2 is 2.00 bits per heavy atom. The zero-order valence-electron chi connectivity index (χ0n) is 15.3. The van der Waals surface area contributed by atoms with Gasteiger partial charge in [-0.05, 0) is 38.0 Å². The molecule has 0 bridgehead atoms. The molecule has 0 aromatic rings. The van der Waals surface area contributed by atoms with Gasteiger partial charge in [-0.3, -0.25) is 4.99 Å². The molecule has 6 nitrogen and oxygen atoms in total. The maximum Gasteiger partial charge on any atom is 0.211 e. The molecule has 0 aromatic heterocycles. The molecule has 0 unspecified atom stereocenters. The Morgan fingerprint density at radius 3 is 2.46 bits per heavy atom. The summed E-state index contributed by atoms with van der Waals surface area (Å²) in [6, 6.07) is 0. The van der Waals surface area contributed by atoms with Crippen LogP contribution in [0, 0.1) is 5.41 Å². The number of hydrogen-bond donors (Lipinski definition) is 1. The second-order valence-electron chi connectivity index (χ2n) is 6.87. The van der Waals surface area contributed by atoms with Crippen LogP contribution in [0.15, 0.2) is 4.99 Å². The summed E-state index contributed by atoms with van der Waals surface area (Å²) in [5.74, 6) is 0.999. The fraction of sp³-hybridized carbons (Fsp3) is 0.938. The topological polar surface area (TPSA) is 65.0 Å². The first-order valence-electron chi connectivity index (χ1n) is 8.88. The van der Waals surface area contributed by atoms with Crippen LogP contribution >= 0.6 is 24.0 Å². The first-order valence-corrected chi connectivity index (χ1v) is 10.7. The van der Waals surface area contributed by atoms with Crippen molar-refractivity contribution < 1.29 is 8.42 Å². The number of sulfonamides is 1. The largest absolute Gasteiger partial charge is 0.357 e. The van der Waals surface area contributed by atoms with Gasteiger partial charge in [-0.1, -0.05) is 13.3 Å². The Morgan fingerprint density at radius 1 is 1.29 bits per heavy atom. The average molecular weight is 472 g/mol. The van der Waals surface area contributed by atoms with Crippen molar-refractivity contribution in [3.8, 4) is 0 Å². The SMILES string of the molecule is CCNC(=NCCCN(CC)S(C)(=O)=O)N1CCC2(CCC2)C1.I. The number of halogens is 1. The van der Waals surface area contributed by atoms with E-state index >= 15 is 0 Å². The predicted molar refractivity (Wildman–Crippen MR) is 111 cm³/mol. The monoisotopic (exact) mass is 472 g/mol.